The van der Waals surface area contributed by atoms with E-state index >= 15 is 0 Å². The number of aliphatic hydroxyl groups excluding tert-OH is 1. The van der Waals surface area contributed by atoms with Gasteiger partial charge in [-0.05, 0) is 25.5 Å². The Kier molecular flexibility index (Phi) is 5.05. The number of aryl methyl sites for hydroxylation is 2. The molecule has 0 aliphatic heterocycles. The minimum absolute atomic E-state index is 0.521. The van der Waals surface area contributed by atoms with E-state index in [0.717, 1.165) is 18.8 Å². The van der Waals surface area contributed by atoms with Gasteiger partial charge in [-0.25, -0.2) is 4.98 Å². The third kappa shape index (κ3) is 3.85. The molecule has 1 heterocycles. The molecule has 0 saturated heterocycles. The Morgan fingerprint density at radius 1 is 1.32 bits per heavy atom. The molecule has 2 aromatic rings. The van der Waals surface area contributed by atoms with Gasteiger partial charge < -0.3 is 9.67 Å². The third-order valence-corrected chi connectivity index (χ3v) is 4.03. The van der Waals surface area contributed by atoms with Gasteiger partial charge in [0, 0.05) is 29.6 Å². The molecule has 0 amide bonds. The number of thioether (sulfide) groups is 1. The fraction of sp³-hybridized carbons (Fsp3) is 0.400. The monoisotopic (exact) mass is 276 g/mol. The minimum Gasteiger partial charge on any atom is -0.384 e. The summed E-state index contributed by atoms with van der Waals surface area (Å²) in [6, 6.07) is 8.36. The van der Waals surface area contributed by atoms with E-state index in [-0.39, 0.29) is 0 Å². The number of imidazole rings is 1. The zero-order chi connectivity index (χ0) is 13.7. The Morgan fingerprint density at radius 3 is 2.74 bits per heavy atom. The molecule has 0 saturated carbocycles. The predicted molar refractivity (Wildman–Crippen MR) is 79.4 cm³/mol. The quantitative estimate of drug-likeness (QED) is 0.821. The van der Waals surface area contributed by atoms with Gasteiger partial charge in [0.1, 0.15) is 11.9 Å². The lowest BCUT2D eigenvalue weighted by molar-refractivity contribution is 0.188. The molecular formula is C15H20N2OS. The summed E-state index contributed by atoms with van der Waals surface area (Å²) in [6.45, 7) is 5.10. The summed E-state index contributed by atoms with van der Waals surface area (Å²) in [5.41, 5.74) is 1.25. The summed E-state index contributed by atoms with van der Waals surface area (Å²) in [5, 5.41) is 10.2. The SMILES string of the molecule is CCCn1ccnc1C(O)CSc1ccc(C)cc1. The van der Waals surface area contributed by atoms with Gasteiger partial charge in [-0.2, -0.15) is 0 Å². The number of aromatic nitrogens is 2. The van der Waals surface area contributed by atoms with Crippen molar-refractivity contribution in [1.82, 2.24) is 9.55 Å². The van der Waals surface area contributed by atoms with Crippen molar-refractivity contribution in [2.24, 2.45) is 0 Å². The first-order valence-electron chi connectivity index (χ1n) is 6.59. The highest BCUT2D eigenvalue weighted by Gasteiger charge is 2.13. The second-order valence-corrected chi connectivity index (χ2v) is 5.71. The standard InChI is InChI=1S/C15H20N2OS/c1-3-9-17-10-8-16-15(17)14(18)11-19-13-6-4-12(2)5-7-13/h4-8,10,14,18H,3,9,11H2,1-2H3. The summed E-state index contributed by atoms with van der Waals surface area (Å²) in [6.07, 6.45) is 4.21. The van der Waals surface area contributed by atoms with Crippen LogP contribution in [0.25, 0.3) is 0 Å². The second-order valence-electron chi connectivity index (χ2n) is 4.62. The van der Waals surface area contributed by atoms with Crippen LogP contribution in [0.15, 0.2) is 41.6 Å². The Bertz CT molecular complexity index is 507. The van der Waals surface area contributed by atoms with E-state index in [9.17, 15) is 5.11 Å². The van der Waals surface area contributed by atoms with Crippen LogP contribution in [0, 0.1) is 6.92 Å². The van der Waals surface area contributed by atoms with Crippen molar-refractivity contribution in [1.29, 1.82) is 0 Å². The van der Waals surface area contributed by atoms with Gasteiger partial charge in [0.15, 0.2) is 0 Å². The Hall–Kier alpha value is -1.26. The van der Waals surface area contributed by atoms with E-state index in [1.807, 2.05) is 10.8 Å². The van der Waals surface area contributed by atoms with Gasteiger partial charge in [0.05, 0.1) is 0 Å². The van der Waals surface area contributed by atoms with E-state index in [1.165, 1.54) is 10.5 Å². The molecule has 1 aromatic heterocycles. The molecule has 0 aliphatic carbocycles. The fourth-order valence-corrected chi connectivity index (χ4v) is 2.76. The summed E-state index contributed by atoms with van der Waals surface area (Å²) in [7, 11) is 0. The van der Waals surface area contributed by atoms with E-state index < -0.39 is 6.10 Å². The van der Waals surface area contributed by atoms with E-state index in [2.05, 4.69) is 43.1 Å². The molecule has 0 aliphatic rings. The summed E-state index contributed by atoms with van der Waals surface area (Å²) in [4.78, 5) is 5.44. The minimum atomic E-state index is -0.521. The first-order valence-corrected chi connectivity index (χ1v) is 7.58. The van der Waals surface area contributed by atoms with E-state index in [1.54, 1.807) is 18.0 Å². The predicted octanol–water partition coefficient (Wildman–Crippen LogP) is 3.43. The van der Waals surface area contributed by atoms with Crippen LogP contribution in [-0.2, 0) is 6.54 Å². The first-order chi connectivity index (χ1) is 9.20. The Balaban J connectivity index is 1.95. The summed E-state index contributed by atoms with van der Waals surface area (Å²) in [5.74, 6) is 1.39. The molecule has 1 unspecified atom stereocenters. The summed E-state index contributed by atoms with van der Waals surface area (Å²) >= 11 is 1.66. The number of rotatable bonds is 6. The molecule has 0 bridgehead atoms. The maximum Gasteiger partial charge on any atom is 0.138 e. The number of nitrogens with zero attached hydrogens (tertiary/aromatic N) is 2. The molecule has 0 radical (unpaired) electrons. The topological polar surface area (TPSA) is 38.0 Å². The molecule has 1 aromatic carbocycles. The number of hydrogen-bond donors (Lipinski definition) is 1. The van der Waals surface area contributed by atoms with Gasteiger partial charge >= 0.3 is 0 Å². The van der Waals surface area contributed by atoms with E-state index in [4.69, 9.17) is 0 Å². The molecule has 4 heteroatoms. The van der Waals surface area contributed by atoms with Gasteiger partial charge in [-0.15, -0.1) is 11.8 Å². The fourth-order valence-electron chi connectivity index (χ4n) is 1.93. The van der Waals surface area contributed by atoms with Crippen molar-refractivity contribution in [3.8, 4) is 0 Å². The Labute approximate surface area is 118 Å². The highest BCUT2D eigenvalue weighted by atomic mass is 32.2. The van der Waals surface area contributed by atoms with Gasteiger partial charge in [0.25, 0.3) is 0 Å². The lowest BCUT2D eigenvalue weighted by Crippen LogP contribution is -2.10. The lowest BCUT2D eigenvalue weighted by Gasteiger charge is -2.12. The normalized spacial score (nSPS) is 12.6. The maximum atomic E-state index is 10.2. The van der Waals surface area contributed by atoms with Crippen molar-refractivity contribution in [3.63, 3.8) is 0 Å². The van der Waals surface area contributed by atoms with Crippen molar-refractivity contribution >= 4 is 11.8 Å². The largest absolute Gasteiger partial charge is 0.384 e. The van der Waals surface area contributed by atoms with Crippen molar-refractivity contribution in [2.45, 2.75) is 37.8 Å². The molecule has 0 fully saturated rings. The highest BCUT2D eigenvalue weighted by Crippen LogP contribution is 2.24. The van der Waals surface area contributed by atoms with Crippen LogP contribution in [0.1, 0.15) is 30.8 Å². The summed E-state index contributed by atoms with van der Waals surface area (Å²) < 4.78 is 2.03. The van der Waals surface area contributed by atoms with Gasteiger partial charge in [-0.1, -0.05) is 24.6 Å². The van der Waals surface area contributed by atoms with Crippen LogP contribution in [0.4, 0.5) is 0 Å². The Morgan fingerprint density at radius 2 is 2.05 bits per heavy atom. The van der Waals surface area contributed by atoms with Crippen LogP contribution in [0.2, 0.25) is 0 Å². The number of hydrogen-bond acceptors (Lipinski definition) is 3. The average Bonchev–Trinajstić information content (AvgIpc) is 2.86. The lowest BCUT2D eigenvalue weighted by atomic mass is 10.2. The van der Waals surface area contributed by atoms with Crippen LogP contribution in [-0.4, -0.2) is 20.4 Å². The highest BCUT2D eigenvalue weighted by molar-refractivity contribution is 7.99. The van der Waals surface area contributed by atoms with Crippen LogP contribution >= 0.6 is 11.8 Å². The van der Waals surface area contributed by atoms with E-state index in [0.29, 0.717) is 5.75 Å². The molecule has 1 N–H and O–H groups in total. The maximum absolute atomic E-state index is 10.2. The zero-order valence-corrected chi connectivity index (χ0v) is 12.2. The number of benzene rings is 1. The van der Waals surface area contributed by atoms with Crippen LogP contribution < -0.4 is 0 Å². The average molecular weight is 276 g/mol. The smallest absolute Gasteiger partial charge is 0.138 e. The molecule has 102 valence electrons. The molecule has 3 nitrogen and oxygen atoms in total. The molecule has 19 heavy (non-hydrogen) atoms. The third-order valence-electron chi connectivity index (χ3n) is 2.94. The van der Waals surface area contributed by atoms with Crippen molar-refractivity contribution < 1.29 is 5.11 Å². The first kappa shape index (κ1) is 14.2. The van der Waals surface area contributed by atoms with Crippen LogP contribution in [0.5, 0.6) is 0 Å². The molecular weight excluding hydrogens is 256 g/mol. The molecule has 0 spiro atoms. The second kappa shape index (κ2) is 6.78. The molecule has 1 atom stereocenters. The van der Waals surface area contributed by atoms with Crippen molar-refractivity contribution in [2.75, 3.05) is 5.75 Å². The number of aliphatic hydroxyl groups is 1. The molecule has 2 rings (SSSR count). The van der Waals surface area contributed by atoms with Gasteiger partial charge in [0.2, 0.25) is 0 Å². The van der Waals surface area contributed by atoms with Crippen LogP contribution in [0.3, 0.4) is 0 Å². The van der Waals surface area contributed by atoms with Crippen molar-refractivity contribution in [3.05, 3.63) is 48.0 Å². The van der Waals surface area contributed by atoms with Gasteiger partial charge in [-0.3, -0.25) is 0 Å². The zero-order valence-electron chi connectivity index (χ0n) is 11.4.